The van der Waals surface area contributed by atoms with Gasteiger partial charge in [-0.2, -0.15) is 0 Å². The maximum Gasteiger partial charge on any atom is 0.0659 e. The van der Waals surface area contributed by atoms with Gasteiger partial charge in [0.2, 0.25) is 0 Å². The van der Waals surface area contributed by atoms with E-state index in [0.717, 1.165) is 25.0 Å². The molecule has 1 unspecified atom stereocenters. The lowest BCUT2D eigenvalue weighted by Gasteiger charge is -2.12. The maximum atomic E-state index is 6.00. The Kier molecular flexibility index (Phi) is 5.37. The van der Waals surface area contributed by atoms with Crippen LogP contribution in [-0.4, -0.2) is 13.2 Å². The number of hydrogen-bond acceptors (Lipinski definition) is 2. The van der Waals surface area contributed by atoms with Crippen molar-refractivity contribution in [3.63, 3.8) is 0 Å². The fraction of sp³-hybridized carbons (Fsp3) is 0.538. The van der Waals surface area contributed by atoms with Gasteiger partial charge in [0, 0.05) is 6.61 Å². The van der Waals surface area contributed by atoms with Crippen LogP contribution in [0.2, 0.25) is 0 Å². The summed E-state index contributed by atoms with van der Waals surface area (Å²) in [7, 11) is 0. The minimum atomic E-state index is 0.00227. The summed E-state index contributed by atoms with van der Waals surface area (Å²) in [6.07, 6.45) is 2.11. The number of rotatable bonds is 6. The van der Waals surface area contributed by atoms with Crippen molar-refractivity contribution in [3.8, 4) is 0 Å². The molecular formula is C13H21NO. The fourth-order valence-electron chi connectivity index (χ4n) is 1.45. The van der Waals surface area contributed by atoms with Gasteiger partial charge < -0.3 is 10.5 Å². The number of aryl methyl sites for hydroxylation is 1. The quantitative estimate of drug-likeness (QED) is 0.728. The summed E-state index contributed by atoms with van der Waals surface area (Å²) < 4.78 is 5.43. The predicted octanol–water partition coefficient (Wildman–Crippen LogP) is 2.68. The van der Waals surface area contributed by atoms with Gasteiger partial charge in [-0.25, -0.2) is 0 Å². The van der Waals surface area contributed by atoms with E-state index in [-0.39, 0.29) is 6.04 Å². The van der Waals surface area contributed by atoms with Gasteiger partial charge in [-0.15, -0.1) is 0 Å². The van der Waals surface area contributed by atoms with Crippen molar-refractivity contribution in [2.24, 2.45) is 5.73 Å². The summed E-state index contributed by atoms with van der Waals surface area (Å²) in [6.45, 7) is 5.65. The monoisotopic (exact) mass is 207 g/mol. The molecule has 0 aliphatic heterocycles. The summed E-state index contributed by atoms with van der Waals surface area (Å²) in [5, 5.41) is 0. The first kappa shape index (κ1) is 12.2. The summed E-state index contributed by atoms with van der Waals surface area (Å²) in [5.41, 5.74) is 8.51. The molecule has 2 N–H and O–H groups in total. The molecule has 84 valence electrons. The topological polar surface area (TPSA) is 35.2 Å². The predicted molar refractivity (Wildman–Crippen MR) is 63.9 cm³/mol. The second-order valence-corrected chi connectivity index (χ2v) is 3.78. The van der Waals surface area contributed by atoms with Gasteiger partial charge in [0.1, 0.15) is 0 Å². The molecule has 0 amide bonds. The molecule has 0 aliphatic carbocycles. The average molecular weight is 207 g/mol. The Morgan fingerprint density at radius 3 is 2.40 bits per heavy atom. The van der Waals surface area contributed by atoms with E-state index in [1.807, 2.05) is 0 Å². The zero-order valence-corrected chi connectivity index (χ0v) is 9.70. The molecule has 0 bridgehead atoms. The third kappa shape index (κ3) is 4.02. The highest BCUT2D eigenvalue weighted by molar-refractivity contribution is 5.24. The van der Waals surface area contributed by atoms with Gasteiger partial charge in [0.25, 0.3) is 0 Å². The van der Waals surface area contributed by atoms with Gasteiger partial charge in [0.05, 0.1) is 12.6 Å². The van der Waals surface area contributed by atoms with Crippen LogP contribution in [-0.2, 0) is 11.2 Å². The molecule has 0 spiro atoms. The van der Waals surface area contributed by atoms with E-state index in [1.54, 1.807) is 0 Å². The molecule has 2 nitrogen and oxygen atoms in total. The van der Waals surface area contributed by atoms with Gasteiger partial charge in [-0.3, -0.25) is 0 Å². The molecule has 1 aromatic carbocycles. The first-order chi connectivity index (χ1) is 7.27. The van der Waals surface area contributed by atoms with Crippen LogP contribution in [0.5, 0.6) is 0 Å². The number of nitrogens with two attached hydrogens (primary N) is 1. The fourth-order valence-corrected chi connectivity index (χ4v) is 1.45. The summed E-state index contributed by atoms with van der Waals surface area (Å²) in [5.74, 6) is 0. The molecule has 0 fully saturated rings. The second-order valence-electron chi connectivity index (χ2n) is 3.78. The minimum absolute atomic E-state index is 0.00227. The molecule has 15 heavy (non-hydrogen) atoms. The van der Waals surface area contributed by atoms with Crippen LogP contribution in [0.3, 0.4) is 0 Å². The summed E-state index contributed by atoms with van der Waals surface area (Å²) >= 11 is 0. The van der Waals surface area contributed by atoms with Crippen LogP contribution >= 0.6 is 0 Å². The summed E-state index contributed by atoms with van der Waals surface area (Å²) in [4.78, 5) is 0. The largest absolute Gasteiger partial charge is 0.379 e. The summed E-state index contributed by atoms with van der Waals surface area (Å²) in [6, 6.07) is 8.46. The number of ether oxygens (including phenoxy) is 1. The Morgan fingerprint density at radius 1 is 1.20 bits per heavy atom. The van der Waals surface area contributed by atoms with E-state index in [2.05, 4.69) is 38.1 Å². The molecule has 0 aromatic heterocycles. The highest BCUT2D eigenvalue weighted by Crippen LogP contribution is 2.12. The van der Waals surface area contributed by atoms with E-state index < -0.39 is 0 Å². The lowest BCUT2D eigenvalue weighted by atomic mass is 10.1. The molecule has 0 heterocycles. The number of benzene rings is 1. The Labute approximate surface area is 92.4 Å². The molecule has 1 aromatic rings. The molecule has 0 aliphatic rings. The van der Waals surface area contributed by atoms with E-state index in [4.69, 9.17) is 10.5 Å². The van der Waals surface area contributed by atoms with Gasteiger partial charge >= 0.3 is 0 Å². The van der Waals surface area contributed by atoms with Crippen LogP contribution in [0.1, 0.15) is 37.4 Å². The van der Waals surface area contributed by atoms with E-state index in [0.29, 0.717) is 6.61 Å². The van der Waals surface area contributed by atoms with Crippen molar-refractivity contribution in [3.05, 3.63) is 35.4 Å². The van der Waals surface area contributed by atoms with Crippen molar-refractivity contribution >= 4 is 0 Å². The first-order valence-corrected chi connectivity index (χ1v) is 5.70. The molecule has 1 atom stereocenters. The zero-order valence-electron chi connectivity index (χ0n) is 9.70. The Bertz CT molecular complexity index is 268. The molecule has 0 saturated heterocycles. The van der Waals surface area contributed by atoms with E-state index in [1.165, 1.54) is 5.56 Å². The SMILES string of the molecule is CCCOCC(N)c1ccc(CC)cc1. The van der Waals surface area contributed by atoms with Crippen LogP contribution in [0.15, 0.2) is 24.3 Å². The van der Waals surface area contributed by atoms with Gasteiger partial charge in [0.15, 0.2) is 0 Å². The Hall–Kier alpha value is -0.860. The van der Waals surface area contributed by atoms with Gasteiger partial charge in [-0.1, -0.05) is 38.1 Å². The molecule has 0 radical (unpaired) electrons. The van der Waals surface area contributed by atoms with Crippen molar-refractivity contribution in [1.82, 2.24) is 0 Å². The molecular weight excluding hydrogens is 186 g/mol. The lowest BCUT2D eigenvalue weighted by molar-refractivity contribution is 0.121. The minimum Gasteiger partial charge on any atom is -0.379 e. The molecule has 2 heteroatoms. The normalized spacial score (nSPS) is 12.7. The van der Waals surface area contributed by atoms with E-state index in [9.17, 15) is 0 Å². The standard InChI is InChI=1S/C13H21NO/c1-3-9-15-10-13(14)12-7-5-11(4-2)6-8-12/h5-8,13H,3-4,9-10,14H2,1-2H3. The Morgan fingerprint density at radius 2 is 1.87 bits per heavy atom. The highest BCUT2D eigenvalue weighted by Gasteiger charge is 2.05. The zero-order chi connectivity index (χ0) is 11.1. The van der Waals surface area contributed by atoms with Crippen LogP contribution in [0.25, 0.3) is 0 Å². The van der Waals surface area contributed by atoms with Crippen molar-refractivity contribution in [2.75, 3.05) is 13.2 Å². The van der Waals surface area contributed by atoms with Crippen molar-refractivity contribution < 1.29 is 4.74 Å². The average Bonchev–Trinajstić information content (AvgIpc) is 2.29. The smallest absolute Gasteiger partial charge is 0.0659 e. The van der Waals surface area contributed by atoms with Crippen LogP contribution in [0, 0.1) is 0 Å². The first-order valence-electron chi connectivity index (χ1n) is 5.70. The van der Waals surface area contributed by atoms with Crippen LogP contribution < -0.4 is 5.73 Å². The highest BCUT2D eigenvalue weighted by atomic mass is 16.5. The maximum absolute atomic E-state index is 6.00. The second kappa shape index (κ2) is 6.59. The van der Waals surface area contributed by atoms with E-state index >= 15 is 0 Å². The molecule has 0 saturated carbocycles. The van der Waals surface area contributed by atoms with Crippen molar-refractivity contribution in [1.29, 1.82) is 0 Å². The van der Waals surface area contributed by atoms with Crippen LogP contribution in [0.4, 0.5) is 0 Å². The van der Waals surface area contributed by atoms with Gasteiger partial charge in [-0.05, 0) is 24.0 Å². The Balaban J connectivity index is 2.46. The number of hydrogen-bond donors (Lipinski definition) is 1. The van der Waals surface area contributed by atoms with Crippen molar-refractivity contribution in [2.45, 2.75) is 32.7 Å². The third-order valence-electron chi connectivity index (χ3n) is 2.46. The third-order valence-corrected chi connectivity index (χ3v) is 2.46. The molecule has 1 rings (SSSR count). The lowest BCUT2D eigenvalue weighted by Crippen LogP contribution is -2.17.